The van der Waals surface area contributed by atoms with E-state index in [1.165, 1.54) is 25.7 Å². The van der Waals surface area contributed by atoms with E-state index in [-0.39, 0.29) is 23.9 Å². The van der Waals surface area contributed by atoms with Crippen molar-refractivity contribution in [3.05, 3.63) is 94.2 Å². The minimum atomic E-state index is -0.901. The largest absolute Gasteiger partial charge is 0.330 e. The summed E-state index contributed by atoms with van der Waals surface area (Å²) in [5.74, 6) is 0.325. The second kappa shape index (κ2) is 12.8. The van der Waals surface area contributed by atoms with E-state index < -0.39 is 11.2 Å². The minimum absolute atomic E-state index is 0.0264. The summed E-state index contributed by atoms with van der Waals surface area (Å²) in [7, 11) is 5.92. The molecule has 10 nitrogen and oxygen atoms in total. The average Bonchev–Trinajstić information content (AvgIpc) is 3.80. The Kier molecular flexibility index (Phi) is 8.93. The van der Waals surface area contributed by atoms with Gasteiger partial charge in [0.05, 0.1) is 23.8 Å². The first-order chi connectivity index (χ1) is 22.4. The number of nitrogens with one attached hydrogen (secondary N) is 3. The van der Waals surface area contributed by atoms with Crippen LogP contribution in [0.15, 0.2) is 72.0 Å². The van der Waals surface area contributed by atoms with E-state index in [2.05, 4.69) is 27.0 Å². The molecule has 2 atom stereocenters. The van der Waals surface area contributed by atoms with Gasteiger partial charge in [-0.1, -0.05) is 55.3 Å². The number of likely N-dealkylation sites (N-methyl/N-ethyl adjacent to an activating group) is 2. The first-order valence-electron chi connectivity index (χ1n) is 16.8. The van der Waals surface area contributed by atoms with Crippen LogP contribution in [0, 0.1) is 5.92 Å². The van der Waals surface area contributed by atoms with E-state index in [4.69, 9.17) is 0 Å². The molecular formula is C37H49N7O3. The normalized spacial score (nSPS) is 22.7. The van der Waals surface area contributed by atoms with Crippen LogP contribution < -0.4 is 16.1 Å². The lowest BCUT2D eigenvalue weighted by Crippen LogP contribution is -2.61. The highest BCUT2D eigenvalue weighted by Gasteiger charge is 2.54. The number of carbonyl (C=O) groups is 3. The molecular weight excluding hydrogens is 590 g/mol. The van der Waals surface area contributed by atoms with E-state index in [0.717, 1.165) is 28.0 Å². The molecule has 3 N–H and O–H groups in total. The highest BCUT2D eigenvalue weighted by molar-refractivity contribution is 5.95. The molecule has 4 aliphatic rings. The van der Waals surface area contributed by atoms with Gasteiger partial charge in [-0.05, 0) is 88.5 Å². The molecule has 3 heterocycles. The third-order valence-electron chi connectivity index (χ3n) is 10.3. The Bertz CT molecular complexity index is 1590. The molecule has 0 spiro atoms. The van der Waals surface area contributed by atoms with Crippen LogP contribution in [-0.4, -0.2) is 83.0 Å². The third kappa shape index (κ3) is 6.53. The quantitative estimate of drug-likeness (QED) is 0.367. The summed E-state index contributed by atoms with van der Waals surface area (Å²) in [5.41, 5.74) is 7.50. The number of hydrogen-bond donors (Lipinski definition) is 3. The number of hydrogen-bond acceptors (Lipinski definition) is 6. The number of urea groups is 1. The van der Waals surface area contributed by atoms with Crippen LogP contribution in [0.3, 0.4) is 0 Å². The number of carbonyl (C=O) groups excluding carboxylic acids is 3. The van der Waals surface area contributed by atoms with Crippen molar-refractivity contribution in [3.8, 4) is 0 Å². The van der Waals surface area contributed by atoms with E-state index in [9.17, 15) is 14.4 Å². The SMILES string of the molecule is CN(C)C[C@@H](NC(=O)N1CC2=C(N(C)NC2(C)NC(=O)c2ccc3c(c2)CN(C(=O)C=CC2CCCC2)C3)C1(C)C)c1ccccc1. The van der Waals surface area contributed by atoms with Crippen molar-refractivity contribution in [2.24, 2.45) is 5.92 Å². The van der Waals surface area contributed by atoms with E-state index in [1.54, 1.807) is 6.08 Å². The van der Waals surface area contributed by atoms with Gasteiger partial charge in [0.1, 0.15) is 5.66 Å². The van der Waals surface area contributed by atoms with Gasteiger partial charge >= 0.3 is 6.03 Å². The van der Waals surface area contributed by atoms with Gasteiger partial charge < -0.3 is 30.3 Å². The predicted octanol–water partition coefficient (Wildman–Crippen LogP) is 4.53. The Labute approximate surface area is 278 Å². The molecule has 0 radical (unpaired) electrons. The van der Waals surface area contributed by atoms with Crippen LogP contribution in [0.2, 0.25) is 0 Å². The number of allylic oxidation sites excluding steroid dienone is 1. The van der Waals surface area contributed by atoms with Gasteiger partial charge in [-0.15, -0.1) is 0 Å². The zero-order valence-corrected chi connectivity index (χ0v) is 28.6. The molecule has 2 aromatic rings. The average molecular weight is 640 g/mol. The Morgan fingerprint density at radius 1 is 1.00 bits per heavy atom. The van der Waals surface area contributed by atoms with Gasteiger partial charge in [-0.3, -0.25) is 9.59 Å². The first kappa shape index (κ1) is 32.8. The molecule has 4 amide bonds. The number of hydrazine groups is 1. The van der Waals surface area contributed by atoms with Gasteiger partial charge in [0, 0.05) is 37.8 Å². The molecule has 3 aliphatic heterocycles. The molecule has 0 aromatic heterocycles. The van der Waals surface area contributed by atoms with Crippen molar-refractivity contribution in [3.63, 3.8) is 0 Å². The zero-order valence-electron chi connectivity index (χ0n) is 28.6. The summed E-state index contributed by atoms with van der Waals surface area (Å²) < 4.78 is 0. The molecule has 47 heavy (non-hydrogen) atoms. The highest BCUT2D eigenvalue weighted by atomic mass is 16.2. The minimum Gasteiger partial charge on any atom is -0.330 e. The van der Waals surface area contributed by atoms with Crippen LogP contribution in [0.1, 0.15) is 79.5 Å². The maximum absolute atomic E-state index is 13.9. The molecule has 0 bridgehead atoms. The van der Waals surface area contributed by atoms with Crippen molar-refractivity contribution >= 4 is 17.8 Å². The molecule has 0 saturated heterocycles. The number of rotatable bonds is 8. The summed E-state index contributed by atoms with van der Waals surface area (Å²) in [6.45, 7) is 8.11. The van der Waals surface area contributed by atoms with Crippen LogP contribution in [-0.2, 0) is 17.9 Å². The Hall–Kier alpha value is -4.15. The van der Waals surface area contributed by atoms with Gasteiger partial charge in [0.25, 0.3) is 5.91 Å². The summed E-state index contributed by atoms with van der Waals surface area (Å²) in [6, 6.07) is 15.4. The smallest absolute Gasteiger partial charge is 0.318 e. The van der Waals surface area contributed by atoms with Crippen LogP contribution in [0.25, 0.3) is 0 Å². The van der Waals surface area contributed by atoms with Crippen molar-refractivity contribution in [2.45, 2.75) is 76.8 Å². The lowest BCUT2D eigenvalue weighted by atomic mass is 9.96. The number of benzene rings is 2. The predicted molar refractivity (Wildman–Crippen MR) is 183 cm³/mol. The van der Waals surface area contributed by atoms with E-state index in [0.29, 0.717) is 37.7 Å². The summed E-state index contributed by atoms with van der Waals surface area (Å²) >= 11 is 0. The monoisotopic (exact) mass is 639 g/mol. The Morgan fingerprint density at radius 2 is 1.70 bits per heavy atom. The third-order valence-corrected chi connectivity index (χ3v) is 10.3. The van der Waals surface area contributed by atoms with Gasteiger partial charge in [-0.25, -0.2) is 10.2 Å². The Balaban J connectivity index is 1.14. The molecule has 1 aliphatic carbocycles. The molecule has 1 fully saturated rings. The van der Waals surface area contributed by atoms with Crippen molar-refractivity contribution in [1.29, 1.82) is 0 Å². The lowest BCUT2D eigenvalue weighted by molar-refractivity contribution is -0.126. The topological polar surface area (TPSA) is 100 Å². The second-order valence-corrected chi connectivity index (χ2v) is 14.5. The fourth-order valence-electron chi connectivity index (χ4n) is 7.80. The van der Waals surface area contributed by atoms with Crippen LogP contribution in [0.4, 0.5) is 4.79 Å². The molecule has 2 aromatic carbocycles. The summed E-state index contributed by atoms with van der Waals surface area (Å²) in [4.78, 5) is 46.4. The maximum Gasteiger partial charge on any atom is 0.318 e. The standard InChI is InChI=1S/C37H49N7O3/c1-36(2)33-30(23-44(36)35(47)38-31(24-41(4)5)26-14-8-7-9-15-26)37(3,40-42(33)6)39-34(46)27-17-18-28-21-43(22-29(28)20-27)32(45)19-16-25-12-10-11-13-25/h7-9,14-20,25,31,40H,10-13,21-24H2,1-6H3,(H,38,47)(H,39,46)/t31-,37?/m1/s1. The lowest BCUT2D eigenvalue weighted by Gasteiger charge is -2.40. The molecule has 6 rings (SSSR count). The number of fused-ring (bicyclic) bond motifs is 1. The molecule has 1 unspecified atom stereocenters. The zero-order chi connectivity index (χ0) is 33.5. The second-order valence-electron chi connectivity index (χ2n) is 14.5. The fourth-order valence-corrected chi connectivity index (χ4v) is 7.80. The number of nitrogens with zero attached hydrogens (tertiary/aromatic N) is 4. The van der Waals surface area contributed by atoms with Crippen molar-refractivity contribution in [2.75, 3.05) is 34.2 Å². The molecule has 10 heteroatoms. The van der Waals surface area contributed by atoms with Gasteiger partial charge in [-0.2, -0.15) is 0 Å². The molecule has 250 valence electrons. The Morgan fingerprint density at radius 3 is 2.40 bits per heavy atom. The van der Waals surface area contributed by atoms with Crippen LogP contribution in [0.5, 0.6) is 0 Å². The number of amides is 4. The molecule has 1 saturated carbocycles. The van der Waals surface area contributed by atoms with Gasteiger partial charge in [0.15, 0.2) is 0 Å². The van der Waals surface area contributed by atoms with Crippen LogP contribution >= 0.6 is 0 Å². The first-order valence-corrected chi connectivity index (χ1v) is 16.8. The van der Waals surface area contributed by atoms with E-state index in [1.807, 2.05) is 105 Å². The highest BCUT2D eigenvalue weighted by Crippen LogP contribution is 2.43. The van der Waals surface area contributed by atoms with Crippen molar-refractivity contribution < 1.29 is 14.4 Å². The van der Waals surface area contributed by atoms with E-state index >= 15 is 0 Å². The maximum atomic E-state index is 13.9. The van der Waals surface area contributed by atoms with Crippen molar-refractivity contribution in [1.82, 2.24) is 35.8 Å². The van der Waals surface area contributed by atoms with Gasteiger partial charge in [0.2, 0.25) is 5.91 Å². The fraction of sp³-hybridized carbons (Fsp3) is 0.486. The summed E-state index contributed by atoms with van der Waals surface area (Å²) in [5, 5.41) is 8.44. The summed E-state index contributed by atoms with van der Waals surface area (Å²) in [6.07, 6.45) is 8.62.